The van der Waals surface area contributed by atoms with Crippen molar-refractivity contribution in [1.29, 1.82) is 0 Å². The van der Waals surface area contributed by atoms with Crippen molar-refractivity contribution >= 4 is 6.21 Å². The van der Waals surface area contributed by atoms with Crippen LogP contribution in [0.2, 0.25) is 0 Å². The number of hydrogen-bond donors (Lipinski definition) is 1. The average Bonchev–Trinajstić information content (AvgIpc) is 2.50. The summed E-state index contributed by atoms with van der Waals surface area (Å²) in [6, 6.07) is 13.1. The zero-order chi connectivity index (χ0) is 15.1. The summed E-state index contributed by atoms with van der Waals surface area (Å²) < 4.78 is 10.5. The number of aliphatic imine (C=N–C) groups is 1. The molecule has 0 fully saturated rings. The number of methoxy groups -OCH3 is 1. The van der Waals surface area contributed by atoms with Crippen LogP contribution in [0.3, 0.4) is 0 Å². The van der Waals surface area contributed by atoms with Crippen LogP contribution < -0.4 is 9.47 Å². The van der Waals surface area contributed by atoms with Gasteiger partial charge >= 0.3 is 0 Å². The van der Waals surface area contributed by atoms with E-state index in [0.29, 0.717) is 24.5 Å². The first-order valence-electron chi connectivity index (χ1n) is 6.82. The van der Waals surface area contributed by atoms with Crippen LogP contribution in [-0.4, -0.2) is 25.0 Å². The predicted molar refractivity (Wildman–Crippen MR) is 83.6 cm³/mol. The monoisotopic (exact) mass is 285 g/mol. The summed E-state index contributed by atoms with van der Waals surface area (Å²) in [5.41, 5.74) is 1.69. The molecule has 2 aromatic rings. The second-order valence-electron chi connectivity index (χ2n) is 4.45. The molecule has 2 aromatic carbocycles. The van der Waals surface area contributed by atoms with Crippen LogP contribution in [0.15, 0.2) is 47.5 Å². The Kier molecular flexibility index (Phi) is 5.21. The fraction of sp³-hybridized carbons (Fsp3) is 0.235. The zero-order valence-corrected chi connectivity index (χ0v) is 12.2. The molecule has 0 radical (unpaired) electrons. The van der Waals surface area contributed by atoms with Gasteiger partial charge in [-0.1, -0.05) is 18.2 Å². The molecule has 0 saturated heterocycles. The summed E-state index contributed by atoms with van der Waals surface area (Å²) in [4.78, 5) is 4.35. The number of ether oxygens (including phenoxy) is 2. The minimum Gasteiger partial charge on any atom is -0.504 e. The minimum atomic E-state index is 0.104. The maximum atomic E-state index is 9.96. The number of aromatic hydroxyl groups is 1. The van der Waals surface area contributed by atoms with E-state index in [-0.39, 0.29) is 5.75 Å². The van der Waals surface area contributed by atoms with Crippen LogP contribution in [0.25, 0.3) is 0 Å². The Morgan fingerprint density at radius 2 is 2.00 bits per heavy atom. The molecule has 110 valence electrons. The van der Waals surface area contributed by atoms with Gasteiger partial charge < -0.3 is 14.6 Å². The molecule has 0 amide bonds. The molecule has 0 atom stereocenters. The van der Waals surface area contributed by atoms with Crippen molar-refractivity contribution in [2.75, 3.05) is 13.7 Å². The van der Waals surface area contributed by atoms with E-state index in [1.54, 1.807) is 18.3 Å². The quantitative estimate of drug-likeness (QED) is 0.827. The van der Waals surface area contributed by atoms with Gasteiger partial charge in [0.2, 0.25) is 0 Å². The molecule has 0 unspecified atom stereocenters. The van der Waals surface area contributed by atoms with E-state index in [4.69, 9.17) is 9.47 Å². The zero-order valence-electron chi connectivity index (χ0n) is 12.2. The van der Waals surface area contributed by atoms with Gasteiger partial charge in [-0.2, -0.15) is 0 Å². The van der Waals surface area contributed by atoms with Gasteiger partial charge in [-0.3, -0.25) is 4.99 Å². The van der Waals surface area contributed by atoms with Crippen molar-refractivity contribution < 1.29 is 14.6 Å². The lowest BCUT2D eigenvalue weighted by molar-refractivity contribution is 0.340. The molecule has 21 heavy (non-hydrogen) atoms. The molecule has 0 bridgehead atoms. The molecule has 0 aliphatic rings. The van der Waals surface area contributed by atoms with E-state index in [1.807, 2.05) is 37.3 Å². The van der Waals surface area contributed by atoms with Crippen LogP contribution in [0.5, 0.6) is 17.2 Å². The molecular formula is C17H19NO3. The Labute approximate surface area is 124 Å². The SMILES string of the molecule is CCOc1cccc(CN=Cc2cccc(OC)c2O)c1. The van der Waals surface area contributed by atoms with Crippen LogP contribution in [0.1, 0.15) is 18.1 Å². The van der Waals surface area contributed by atoms with Gasteiger partial charge in [0.05, 0.1) is 20.3 Å². The Bertz CT molecular complexity index is 623. The lowest BCUT2D eigenvalue weighted by atomic mass is 10.2. The van der Waals surface area contributed by atoms with Gasteiger partial charge in [0.15, 0.2) is 11.5 Å². The molecule has 2 rings (SSSR count). The minimum absolute atomic E-state index is 0.104. The van der Waals surface area contributed by atoms with Crippen molar-refractivity contribution in [2.24, 2.45) is 4.99 Å². The fourth-order valence-corrected chi connectivity index (χ4v) is 1.96. The van der Waals surface area contributed by atoms with Gasteiger partial charge in [-0.25, -0.2) is 0 Å². The van der Waals surface area contributed by atoms with Crippen molar-refractivity contribution in [3.05, 3.63) is 53.6 Å². The first-order valence-corrected chi connectivity index (χ1v) is 6.82. The standard InChI is InChI=1S/C17H19NO3/c1-3-21-15-8-4-6-13(10-15)11-18-12-14-7-5-9-16(20-2)17(14)19/h4-10,12,19H,3,11H2,1-2H3. The van der Waals surface area contributed by atoms with Crippen molar-refractivity contribution in [2.45, 2.75) is 13.5 Å². The van der Waals surface area contributed by atoms with Crippen LogP contribution in [0, 0.1) is 0 Å². The third-order valence-electron chi connectivity index (χ3n) is 2.96. The summed E-state index contributed by atoms with van der Waals surface area (Å²) in [7, 11) is 1.52. The van der Waals surface area contributed by atoms with E-state index < -0.39 is 0 Å². The van der Waals surface area contributed by atoms with Crippen LogP contribution in [-0.2, 0) is 6.54 Å². The second kappa shape index (κ2) is 7.33. The molecule has 4 heteroatoms. The first kappa shape index (κ1) is 14.9. The third-order valence-corrected chi connectivity index (χ3v) is 2.96. The van der Waals surface area contributed by atoms with Gasteiger partial charge in [0.25, 0.3) is 0 Å². The highest BCUT2D eigenvalue weighted by Crippen LogP contribution is 2.28. The number of para-hydroxylation sites is 1. The first-order chi connectivity index (χ1) is 10.2. The van der Waals surface area contributed by atoms with Crippen LogP contribution >= 0.6 is 0 Å². The van der Waals surface area contributed by atoms with Gasteiger partial charge in [0, 0.05) is 11.8 Å². The smallest absolute Gasteiger partial charge is 0.166 e. The van der Waals surface area contributed by atoms with Gasteiger partial charge in [-0.05, 0) is 36.8 Å². The molecule has 1 N–H and O–H groups in total. The normalized spacial score (nSPS) is 10.8. The Hall–Kier alpha value is -2.49. The molecule has 0 aliphatic carbocycles. The van der Waals surface area contributed by atoms with E-state index in [9.17, 15) is 5.11 Å². The summed E-state index contributed by atoms with van der Waals surface area (Å²) in [6.45, 7) is 3.12. The number of benzene rings is 2. The highest BCUT2D eigenvalue weighted by molar-refractivity contribution is 5.84. The predicted octanol–water partition coefficient (Wildman–Crippen LogP) is 3.42. The van der Waals surface area contributed by atoms with Crippen molar-refractivity contribution in [1.82, 2.24) is 0 Å². The molecular weight excluding hydrogens is 266 g/mol. The maximum absolute atomic E-state index is 9.96. The Morgan fingerprint density at radius 3 is 2.76 bits per heavy atom. The Morgan fingerprint density at radius 1 is 1.19 bits per heavy atom. The molecule has 4 nitrogen and oxygen atoms in total. The van der Waals surface area contributed by atoms with E-state index >= 15 is 0 Å². The number of rotatable bonds is 6. The lowest BCUT2D eigenvalue weighted by Crippen LogP contribution is -1.92. The van der Waals surface area contributed by atoms with Crippen LogP contribution in [0.4, 0.5) is 0 Å². The topological polar surface area (TPSA) is 51.0 Å². The second-order valence-corrected chi connectivity index (χ2v) is 4.45. The Balaban J connectivity index is 2.07. The fourth-order valence-electron chi connectivity index (χ4n) is 1.96. The van der Waals surface area contributed by atoms with Gasteiger partial charge in [-0.15, -0.1) is 0 Å². The molecule has 0 aliphatic heterocycles. The number of phenolic OH excluding ortho intramolecular Hbond substituents is 1. The van der Waals surface area contributed by atoms with E-state index in [2.05, 4.69) is 4.99 Å². The molecule has 0 saturated carbocycles. The number of phenols is 1. The van der Waals surface area contributed by atoms with Gasteiger partial charge in [0.1, 0.15) is 5.75 Å². The van der Waals surface area contributed by atoms with E-state index in [1.165, 1.54) is 7.11 Å². The lowest BCUT2D eigenvalue weighted by Gasteiger charge is -2.05. The van der Waals surface area contributed by atoms with Crippen molar-refractivity contribution in [3.63, 3.8) is 0 Å². The average molecular weight is 285 g/mol. The molecule has 0 heterocycles. The van der Waals surface area contributed by atoms with Crippen molar-refractivity contribution in [3.8, 4) is 17.2 Å². The third kappa shape index (κ3) is 3.99. The summed E-state index contributed by atoms with van der Waals surface area (Å²) >= 11 is 0. The number of nitrogens with zero attached hydrogens (tertiary/aromatic N) is 1. The summed E-state index contributed by atoms with van der Waals surface area (Å²) in [5, 5.41) is 9.96. The highest BCUT2D eigenvalue weighted by atomic mass is 16.5. The highest BCUT2D eigenvalue weighted by Gasteiger charge is 2.04. The largest absolute Gasteiger partial charge is 0.504 e. The molecule has 0 aromatic heterocycles. The summed E-state index contributed by atoms with van der Waals surface area (Å²) in [5.74, 6) is 1.39. The van der Waals surface area contributed by atoms with E-state index in [0.717, 1.165) is 11.3 Å². The maximum Gasteiger partial charge on any atom is 0.166 e. The summed E-state index contributed by atoms with van der Waals surface area (Å²) in [6.07, 6.45) is 1.64. The molecule has 0 spiro atoms. The number of hydrogen-bond acceptors (Lipinski definition) is 4.